The molecular weight excluding hydrogens is 232 g/mol. The molecular formula is C13H18N2O3. The highest BCUT2D eigenvalue weighted by Crippen LogP contribution is 2.16. The van der Waals surface area contributed by atoms with Crippen LogP contribution in [0.25, 0.3) is 0 Å². The first-order chi connectivity index (χ1) is 8.78. The molecule has 1 unspecified atom stereocenters. The summed E-state index contributed by atoms with van der Waals surface area (Å²) in [6.07, 6.45) is 1.03. The molecule has 1 aliphatic rings. The van der Waals surface area contributed by atoms with Crippen LogP contribution < -0.4 is 10.6 Å². The minimum absolute atomic E-state index is 0.0689. The molecule has 5 heteroatoms. The largest absolute Gasteiger partial charge is 0.380 e. The summed E-state index contributed by atoms with van der Waals surface area (Å²) in [5.74, 6) is -0.151. The summed E-state index contributed by atoms with van der Waals surface area (Å²) >= 11 is 0. The SMILES string of the molecule is COCC(=O)Nc1ccc(NC2CCOC2)cc1. The lowest BCUT2D eigenvalue weighted by Crippen LogP contribution is -2.19. The number of benzene rings is 1. The fourth-order valence-electron chi connectivity index (χ4n) is 1.86. The molecule has 1 aromatic rings. The molecule has 2 rings (SSSR count). The highest BCUT2D eigenvalue weighted by atomic mass is 16.5. The van der Waals surface area contributed by atoms with Crippen molar-refractivity contribution in [2.75, 3.05) is 37.6 Å². The number of amides is 1. The van der Waals surface area contributed by atoms with Crippen molar-refractivity contribution in [3.05, 3.63) is 24.3 Å². The van der Waals surface area contributed by atoms with Gasteiger partial charge in [0.2, 0.25) is 5.91 Å². The van der Waals surface area contributed by atoms with Gasteiger partial charge >= 0.3 is 0 Å². The molecule has 0 aromatic heterocycles. The summed E-state index contributed by atoms with van der Waals surface area (Å²) < 4.78 is 10.0. The van der Waals surface area contributed by atoms with Gasteiger partial charge in [-0.2, -0.15) is 0 Å². The number of hydrogen-bond donors (Lipinski definition) is 2. The monoisotopic (exact) mass is 250 g/mol. The highest BCUT2D eigenvalue weighted by molar-refractivity contribution is 5.91. The zero-order valence-electron chi connectivity index (χ0n) is 10.4. The fourth-order valence-corrected chi connectivity index (χ4v) is 1.86. The third-order valence-corrected chi connectivity index (χ3v) is 2.74. The summed E-state index contributed by atoms with van der Waals surface area (Å²) in [6, 6.07) is 8.01. The molecule has 98 valence electrons. The predicted molar refractivity (Wildman–Crippen MR) is 69.8 cm³/mol. The molecule has 1 heterocycles. The van der Waals surface area contributed by atoms with Crippen molar-refractivity contribution in [2.45, 2.75) is 12.5 Å². The van der Waals surface area contributed by atoms with E-state index < -0.39 is 0 Å². The van der Waals surface area contributed by atoms with E-state index in [0.29, 0.717) is 6.04 Å². The van der Waals surface area contributed by atoms with Gasteiger partial charge < -0.3 is 20.1 Å². The average molecular weight is 250 g/mol. The van der Waals surface area contributed by atoms with E-state index in [0.717, 1.165) is 31.0 Å². The van der Waals surface area contributed by atoms with Crippen LogP contribution in [0, 0.1) is 0 Å². The van der Waals surface area contributed by atoms with E-state index in [4.69, 9.17) is 9.47 Å². The van der Waals surface area contributed by atoms with Crippen molar-refractivity contribution in [3.8, 4) is 0 Å². The summed E-state index contributed by atoms with van der Waals surface area (Å²) in [4.78, 5) is 11.3. The molecule has 0 spiro atoms. The second-order valence-corrected chi connectivity index (χ2v) is 4.26. The van der Waals surface area contributed by atoms with Gasteiger partial charge in [-0.3, -0.25) is 4.79 Å². The summed E-state index contributed by atoms with van der Waals surface area (Å²) in [5, 5.41) is 6.13. The van der Waals surface area contributed by atoms with Gasteiger partial charge in [-0.15, -0.1) is 0 Å². The number of ether oxygens (including phenoxy) is 2. The molecule has 0 aliphatic carbocycles. The van der Waals surface area contributed by atoms with Gasteiger partial charge in [0.15, 0.2) is 0 Å². The van der Waals surface area contributed by atoms with E-state index >= 15 is 0 Å². The molecule has 0 radical (unpaired) electrons. The van der Waals surface area contributed by atoms with Crippen molar-refractivity contribution < 1.29 is 14.3 Å². The Morgan fingerprint density at radius 2 is 2.11 bits per heavy atom. The zero-order chi connectivity index (χ0) is 12.8. The van der Waals surface area contributed by atoms with Gasteiger partial charge in [-0.1, -0.05) is 0 Å². The van der Waals surface area contributed by atoms with Gasteiger partial charge in [0.25, 0.3) is 0 Å². The topological polar surface area (TPSA) is 59.6 Å². The number of methoxy groups -OCH3 is 1. The van der Waals surface area contributed by atoms with Crippen LogP contribution >= 0.6 is 0 Å². The van der Waals surface area contributed by atoms with Crippen LogP contribution in [0.4, 0.5) is 11.4 Å². The van der Waals surface area contributed by atoms with Gasteiger partial charge in [0.1, 0.15) is 6.61 Å². The second kappa shape index (κ2) is 6.37. The Kier molecular flexibility index (Phi) is 4.55. The molecule has 1 amide bonds. The van der Waals surface area contributed by atoms with Crippen LogP contribution in [0.1, 0.15) is 6.42 Å². The van der Waals surface area contributed by atoms with Gasteiger partial charge in [0, 0.05) is 25.1 Å². The normalized spacial score (nSPS) is 18.6. The molecule has 1 fully saturated rings. The van der Waals surface area contributed by atoms with E-state index in [9.17, 15) is 4.79 Å². The Morgan fingerprint density at radius 1 is 1.39 bits per heavy atom. The Balaban J connectivity index is 1.86. The lowest BCUT2D eigenvalue weighted by molar-refractivity contribution is -0.119. The van der Waals surface area contributed by atoms with Crippen molar-refractivity contribution in [1.29, 1.82) is 0 Å². The van der Waals surface area contributed by atoms with Crippen LogP contribution in [-0.2, 0) is 14.3 Å². The Hall–Kier alpha value is -1.59. The second-order valence-electron chi connectivity index (χ2n) is 4.26. The molecule has 1 aliphatic heterocycles. The smallest absolute Gasteiger partial charge is 0.250 e. The number of carbonyl (C=O) groups is 1. The molecule has 1 atom stereocenters. The minimum Gasteiger partial charge on any atom is -0.380 e. The summed E-state index contributed by atoms with van der Waals surface area (Å²) in [5.41, 5.74) is 1.81. The minimum atomic E-state index is -0.151. The number of rotatable bonds is 5. The van der Waals surface area contributed by atoms with Gasteiger partial charge in [-0.05, 0) is 30.7 Å². The van der Waals surface area contributed by atoms with Crippen molar-refractivity contribution >= 4 is 17.3 Å². The standard InChI is InChI=1S/C13H18N2O3/c1-17-9-13(16)15-11-4-2-10(3-5-11)14-12-6-7-18-8-12/h2-5,12,14H,6-9H2,1H3,(H,15,16). The molecule has 5 nitrogen and oxygen atoms in total. The van der Waals surface area contributed by atoms with E-state index in [1.54, 1.807) is 0 Å². The number of hydrogen-bond acceptors (Lipinski definition) is 4. The lowest BCUT2D eigenvalue weighted by atomic mass is 10.2. The van der Waals surface area contributed by atoms with Crippen molar-refractivity contribution in [2.24, 2.45) is 0 Å². The lowest BCUT2D eigenvalue weighted by Gasteiger charge is -2.12. The third kappa shape index (κ3) is 3.72. The van der Waals surface area contributed by atoms with E-state index in [2.05, 4.69) is 10.6 Å². The van der Waals surface area contributed by atoms with E-state index in [1.165, 1.54) is 7.11 Å². The number of nitrogens with one attached hydrogen (secondary N) is 2. The van der Waals surface area contributed by atoms with Crippen molar-refractivity contribution in [1.82, 2.24) is 0 Å². The first kappa shape index (κ1) is 12.9. The Morgan fingerprint density at radius 3 is 2.72 bits per heavy atom. The van der Waals surface area contributed by atoms with Crippen LogP contribution in [0.15, 0.2) is 24.3 Å². The first-order valence-electron chi connectivity index (χ1n) is 6.01. The average Bonchev–Trinajstić information content (AvgIpc) is 2.85. The maximum absolute atomic E-state index is 11.3. The molecule has 0 saturated carbocycles. The predicted octanol–water partition coefficient (Wildman–Crippen LogP) is 1.47. The molecule has 1 aromatic carbocycles. The molecule has 2 N–H and O–H groups in total. The van der Waals surface area contributed by atoms with Crippen molar-refractivity contribution in [3.63, 3.8) is 0 Å². The van der Waals surface area contributed by atoms with E-state index in [1.807, 2.05) is 24.3 Å². The molecule has 0 bridgehead atoms. The highest BCUT2D eigenvalue weighted by Gasteiger charge is 2.14. The van der Waals surface area contributed by atoms with Gasteiger partial charge in [-0.25, -0.2) is 0 Å². The molecule has 1 saturated heterocycles. The molecule has 18 heavy (non-hydrogen) atoms. The Labute approximate surface area is 106 Å². The van der Waals surface area contributed by atoms with Crippen LogP contribution in [0.2, 0.25) is 0 Å². The fraction of sp³-hybridized carbons (Fsp3) is 0.462. The van der Waals surface area contributed by atoms with Crippen LogP contribution in [-0.4, -0.2) is 38.9 Å². The quantitative estimate of drug-likeness (QED) is 0.831. The van der Waals surface area contributed by atoms with E-state index in [-0.39, 0.29) is 12.5 Å². The number of anilines is 2. The van der Waals surface area contributed by atoms with Crippen LogP contribution in [0.5, 0.6) is 0 Å². The summed E-state index contributed by atoms with van der Waals surface area (Å²) in [7, 11) is 1.50. The maximum atomic E-state index is 11.3. The zero-order valence-corrected chi connectivity index (χ0v) is 10.4. The maximum Gasteiger partial charge on any atom is 0.250 e. The van der Waals surface area contributed by atoms with Crippen LogP contribution in [0.3, 0.4) is 0 Å². The van der Waals surface area contributed by atoms with Gasteiger partial charge in [0.05, 0.1) is 12.6 Å². The third-order valence-electron chi connectivity index (χ3n) is 2.74. The Bertz CT molecular complexity index is 386. The number of carbonyl (C=O) groups excluding carboxylic acids is 1. The summed E-state index contributed by atoms with van der Waals surface area (Å²) in [6.45, 7) is 1.65. The first-order valence-corrected chi connectivity index (χ1v) is 6.01.